The summed E-state index contributed by atoms with van der Waals surface area (Å²) in [6.45, 7) is -0.185. The molecule has 5 N–H and O–H groups in total. The van der Waals surface area contributed by atoms with Crippen LogP contribution in [-0.4, -0.2) is 75.1 Å². The minimum atomic E-state index is -4.78. The molecule has 0 spiro atoms. The van der Waals surface area contributed by atoms with Crippen LogP contribution in [0.1, 0.15) is 11.1 Å². The SMILES string of the molecule is COc1ccc(-n2[nH]c3c(cnc4ccc(CO)cc43)c2=O)cc1.COc1ccccc1-n1[nH]c2c(cnc3ccc(Cl)cc32)c1=O.O=c1c2cnc3cc(CO)ccc3c2[nH]n1-c1ccc(OC(F)(F)F)cc1. The van der Waals surface area contributed by atoms with Crippen molar-refractivity contribution in [1.82, 2.24) is 44.3 Å². The van der Waals surface area contributed by atoms with Crippen molar-refractivity contribution >= 4 is 77.0 Å². The number of fused-ring (bicyclic) bond motifs is 9. The first-order valence-electron chi connectivity index (χ1n) is 22.3. The van der Waals surface area contributed by atoms with Crippen molar-refractivity contribution in [3.63, 3.8) is 0 Å². The molecule has 0 unspecified atom stereocenters. The molecule has 21 heteroatoms. The van der Waals surface area contributed by atoms with Gasteiger partial charge in [0.15, 0.2) is 0 Å². The number of halogens is 4. The first-order valence-corrected chi connectivity index (χ1v) is 22.7. The maximum atomic E-state index is 12.7. The summed E-state index contributed by atoms with van der Waals surface area (Å²) in [7, 11) is 3.17. The zero-order chi connectivity index (χ0) is 51.8. The first kappa shape index (κ1) is 48.4. The number of H-pyrrole nitrogens is 3. The number of hydrogen-bond acceptors (Lipinski definition) is 11. The summed E-state index contributed by atoms with van der Waals surface area (Å²) in [6.07, 6.45) is -0.196. The third kappa shape index (κ3) is 9.26. The van der Waals surface area contributed by atoms with E-state index in [4.69, 9.17) is 21.1 Å². The second-order valence-corrected chi connectivity index (χ2v) is 16.9. The van der Waals surface area contributed by atoms with Gasteiger partial charge in [0.1, 0.15) is 22.9 Å². The van der Waals surface area contributed by atoms with E-state index >= 15 is 0 Å². The average molecular weight is 1020 g/mol. The minimum Gasteiger partial charge on any atom is -0.497 e. The average Bonchev–Trinajstić information content (AvgIpc) is 4.08. The fraction of sp³-hybridized carbons (Fsp3) is 0.0943. The summed E-state index contributed by atoms with van der Waals surface area (Å²) in [5.74, 6) is 0.957. The highest BCUT2D eigenvalue weighted by atomic mass is 35.5. The summed E-state index contributed by atoms with van der Waals surface area (Å²) in [5.41, 5.74) is 6.55. The van der Waals surface area contributed by atoms with Gasteiger partial charge in [-0.3, -0.25) is 44.6 Å². The second kappa shape index (κ2) is 19.8. The zero-order valence-corrected chi connectivity index (χ0v) is 39.6. The number of para-hydroxylation sites is 2. The molecular formula is C53H39ClF3N9O8. The number of aliphatic hydroxyl groups excluding tert-OH is 2. The monoisotopic (exact) mass is 1020 g/mol. The molecule has 0 saturated heterocycles. The van der Waals surface area contributed by atoms with E-state index in [1.807, 2.05) is 54.6 Å². The fourth-order valence-corrected chi connectivity index (χ4v) is 8.59. The smallest absolute Gasteiger partial charge is 0.497 e. The molecule has 0 radical (unpaired) electrons. The van der Waals surface area contributed by atoms with Gasteiger partial charge in [-0.1, -0.05) is 41.9 Å². The predicted octanol–water partition coefficient (Wildman–Crippen LogP) is 9.15. The van der Waals surface area contributed by atoms with Gasteiger partial charge in [-0.25, -0.2) is 14.0 Å². The second-order valence-electron chi connectivity index (χ2n) is 16.5. The Bertz CT molecular complexity index is 4260. The lowest BCUT2D eigenvalue weighted by Crippen LogP contribution is -2.17. The van der Waals surface area contributed by atoms with Gasteiger partial charge in [-0.15, -0.1) is 13.2 Å². The zero-order valence-electron chi connectivity index (χ0n) is 38.8. The van der Waals surface area contributed by atoms with Gasteiger partial charge in [0.05, 0.1) is 88.1 Å². The first-order chi connectivity index (χ1) is 35.7. The van der Waals surface area contributed by atoms with Crippen molar-refractivity contribution in [2.75, 3.05) is 14.2 Å². The van der Waals surface area contributed by atoms with Crippen LogP contribution in [0.3, 0.4) is 0 Å². The van der Waals surface area contributed by atoms with Crippen LogP contribution in [0.2, 0.25) is 5.02 Å². The lowest BCUT2D eigenvalue weighted by molar-refractivity contribution is -0.274. The molecule has 0 atom stereocenters. The third-order valence-electron chi connectivity index (χ3n) is 12.0. The van der Waals surface area contributed by atoms with Crippen LogP contribution in [-0.2, 0) is 13.2 Å². The quantitative estimate of drug-likeness (QED) is 0.0966. The van der Waals surface area contributed by atoms with Crippen LogP contribution in [0.25, 0.3) is 82.5 Å². The number of alkyl halides is 3. The molecule has 0 amide bonds. The molecule has 12 aromatic rings. The lowest BCUT2D eigenvalue weighted by Gasteiger charge is -2.09. The number of nitrogens with one attached hydrogen (secondary N) is 3. The molecule has 17 nitrogen and oxygen atoms in total. The molecule has 372 valence electrons. The third-order valence-corrected chi connectivity index (χ3v) is 12.3. The molecule has 0 bridgehead atoms. The summed E-state index contributed by atoms with van der Waals surface area (Å²) in [5, 5.41) is 32.1. The number of benzene rings is 6. The van der Waals surface area contributed by atoms with Gasteiger partial charge >= 0.3 is 6.36 Å². The van der Waals surface area contributed by atoms with Crippen LogP contribution in [0.15, 0.2) is 160 Å². The highest BCUT2D eigenvalue weighted by molar-refractivity contribution is 6.31. The van der Waals surface area contributed by atoms with E-state index in [1.54, 1.807) is 75.1 Å². The Morgan fingerprint density at radius 3 is 1.58 bits per heavy atom. The van der Waals surface area contributed by atoms with E-state index in [0.29, 0.717) is 77.0 Å². The van der Waals surface area contributed by atoms with E-state index in [9.17, 15) is 37.8 Å². The number of pyridine rings is 3. The molecule has 0 aliphatic carbocycles. The highest BCUT2D eigenvalue weighted by Gasteiger charge is 2.31. The Morgan fingerprint density at radius 1 is 0.527 bits per heavy atom. The van der Waals surface area contributed by atoms with E-state index in [0.717, 1.165) is 45.3 Å². The van der Waals surface area contributed by atoms with Crippen molar-refractivity contribution in [2.24, 2.45) is 0 Å². The molecule has 0 saturated carbocycles. The topological polar surface area (TPSA) is 220 Å². The van der Waals surface area contributed by atoms with Crippen LogP contribution < -0.4 is 30.9 Å². The normalized spacial score (nSPS) is 11.5. The van der Waals surface area contributed by atoms with E-state index in [2.05, 4.69) is 35.0 Å². The molecule has 6 aromatic carbocycles. The van der Waals surface area contributed by atoms with Crippen LogP contribution in [0, 0.1) is 0 Å². The molecule has 74 heavy (non-hydrogen) atoms. The Hall–Kier alpha value is -9.24. The molecule has 6 heterocycles. The number of ether oxygens (including phenoxy) is 3. The molecule has 0 fully saturated rings. The number of rotatable bonds is 8. The Kier molecular flexibility index (Phi) is 12.9. The maximum absolute atomic E-state index is 12.7. The van der Waals surface area contributed by atoms with Crippen molar-refractivity contribution in [3.05, 3.63) is 193 Å². The fourth-order valence-electron chi connectivity index (χ4n) is 8.41. The summed E-state index contributed by atoms with van der Waals surface area (Å²) in [6, 6.07) is 35.6. The van der Waals surface area contributed by atoms with Gasteiger partial charge in [0.2, 0.25) is 0 Å². The number of methoxy groups -OCH3 is 2. The van der Waals surface area contributed by atoms with Gasteiger partial charge in [-0.2, -0.15) is 0 Å². The van der Waals surface area contributed by atoms with E-state index in [-0.39, 0.29) is 35.6 Å². The van der Waals surface area contributed by atoms with Crippen molar-refractivity contribution in [2.45, 2.75) is 19.6 Å². The Labute approximate surface area is 418 Å². The number of nitrogens with zero attached hydrogens (tertiary/aromatic N) is 6. The van der Waals surface area contributed by atoms with Gasteiger partial charge in [-0.05, 0) is 108 Å². The minimum absolute atomic E-state index is 0.0598. The predicted molar refractivity (Wildman–Crippen MR) is 274 cm³/mol. The number of aliphatic hydroxyl groups is 2. The van der Waals surface area contributed by atoms with Gasteiger partial charge in [0, 0.05) is 39.8 Å². The van der Waals surface area contributed by atoms with Crippen LogP contribution in [0.5, 0.6) is 17.2 Å². The molecule has 6 aromatic heterocycles. The number of hydrogen-bond donors (Lipinski definition) is 5. The standard InChI is InChI=1S/C18H12F3N3O3.C18H15N3O3.C17H12ClN3O2/c19-18(20,21)27-12-4-2-11(3-5-12)24-17(26)14-8-22-15-7-10(9-25)1-6-13(15)16(14)23-24;1-24-13-5-3-12(4-6-13)21-18(23)15-9-19-16-7-2-11(10-22)8-14(16)17(15)20-21;1-23-15-5-3-2-4-14(15)21-17(22)12-9-19-13-7-6-10(18)8-11(13)16(12)20-21/h1-8,23,25H,9H2;2-9,20,22H,10H2,1H3;2-9,20H,1H3. The van der Waals surface area contributed by atoms with Crippen molar-refractivity contribution < 1.29 is 37.6 Å². The maximum Gasteiger partial charge on any atom is 0.573 e. The molecular weight excluding hydrogens is 983 g/mol. The largest absolute Gasteiger partial charge is 0.573 e. The Balaban J connectivity index is 0.000000127. The van der Waals surface area contributed by atoms with Gasteiger partial charge < -0.3 is 24.4 Å². The summed E-state index contributed by atoms with van der Waals surface area (Å²) >= 11 is 6.08. The van der Waals surface area contributed by atoms with Crippen LogP contribution >= 0.6 is 11.6 Å². The summed E-state index contributed by atoms with van der Waals surface area (Å²) < 4.78 is 55.3. The molecule has 12 rings (SSSR count). The van der Waals surface area contributed by atoms with Crippen molar-refractivity contribution in [1.29, 1.82) is 0 Å². The molecule has 0 aliphatic rings. The number of aromatic amines is 3. The number of aromatic nitrogens is 9. The van der Waals surface area contributed by atoms with Crippen LogP contribution in [0.4, 0.5) is 13.2 Å². The lowest BCUT2D eigenvalue weighted by atomic mass is 10.1. The van der Waals surface area contributed by atoms with E-state index < -0.39 is 6.36 Å². The van der Waals surface area contributed by atoms with E-state index in [1.165, 1.54) is 32.4 Å². The van der Waals surface area contributed by atoms with Crippen molar-refractivity contribution in [3.8, 4) is 34.3 Å². The highest BCUT2D eigenvalue weighted by Crippen LogP contribution is 2.29. The van der Waals surface area contributed by atoms with Gasteiger partial charge in [0.25, 0.3) is 16.7 Å². The molecule has 0 aliphatic heterocycles. The summed E-state index contributed by atoms with van der Waals surface area (Å²) in [4.78, 5) is 51.0. The Morgan fingerprint density at radius 2 is 1.01 bits per heavy atom.